The number of hydrogen-bond donors (Lipinski definition) is 1. The van der Waals surface area contributed by atoms with Gasteiger partial charge in [-0.3, -0.25) is 14.8 Å². The number of H-pyrrole nitrogens is 1. The Hall–Kier alpha value is -1.85. The van der Waals surface area contributed by atoms with Crippen LogP contribution in [0.1, 0.15) is 29.9 Å². The fourth-order valence-electron chi connectivity index (χ4n) is 3.22. The number of carbonyl (C=O) groups is 1. The summed E-state index contributed by atoms with van der Waals surface area (Å²) in [5.74, 6) is 0.705. The number of nitrogens with one attached hydrogen (secondary N) is 1. The predicted molar refractivity (Wildman–Crippen MR) is 94.9 cm³/mol. The Labute approximate surface area is 147 Å². The molecule has 0 saturated carbocycles. The number of likely N-dealkylation sites (N-methyl/N-ethyl adjacent to an activating group) is 1. The summed E-state index contributed by atoms with van der Waals surface area (Å²) in [6, 6.07) is 7.65. The molecule has 1 fully saturated rings. The van der Waals surface area contributed by atoms with Gasteiger partial charge in [0.05, 0.1) is 12.7 Å². The van der Waals surface area contributed by atoms with E-state index in [4.69, 9.17) is 11.6 Å². The second-order valence-electron chi connectivity index (χ2n) is 6.46. The maximum atomic E-state index is 12.4. The standard InChI is InChI=1S/C18H23ClN4O/c1-22(12-14-3-2-4-17(19)9-14)18(24)13-23-7-5-15(6-8-23)16-10-20-21-11-16/h2-4,9-11,15H,5-8,12-13H2,1H3,(H,20,21). The maximum absolute atomic E-state index is 12.4. The molecule has 0 aliphatic carbocycles. The quantitative estimate of drug-likeness (QED) is 0.905. The van der Waals surface area contributed by atoms with Crippen LogP contribution in [0.15, 0.2) is 36.7 Å². The fourth-order valence-corrected chi connectivity index (χ4v) is 3.43. The molecule has 1 aromatic heterocycles. The topological polar surface area (TPSA) is 52.2 Å². The van der Waals surface area contributed by atoms with Crippen LogP contribution in [-0.2, 0) is 11.3 Å². The van der Waals surface area contributed by atoms with Crippen molar-refractivity contribution in [2.45, 2.75) is 25.3 Å². The van der Waals surface area contributed by atoms with Crippen molar-refractivity contribution < 1.29 is 4.79 Å². The van der Waals surface area contributed by atoms with E-state index in [0.29, 0.717) is 24.0 Å². The van der Waals surface area contributed by atoms with Gasteiger partial charge >= 0.3 is 0 Å². The first kappa shape index (κ1) is 17.0. The van der Waals surface area contributed by atoms with Crippen molar-refractivity contribution in [2.75, 3.05) is 26.7 Å². The lowest BCUT2D eigenvalue weighted by Crippen LogP contribution is -2.41. The fraction of sp³-hybridized carbons (Fsp3) is 0.444. The Bertz CT molecular complexity index is 665. The van der Waals surface area contributed by atoms with Gasteiger partial charge in [0.25, 0.3) is 0 Å². The SMILES string of the molecule is CN(Cc1cccc(Cl)c1)C(=O)CN1CCC(c2cn[nH]c2)CC1. The molecule has 128 valence electrons. The maximum Gasteiger partial charge on any atom is 0.236 e. The molecule has 0 bridgehead atoms. The van der Waals surface area contributed by atoms with Gasteiger partial charge in [-0.25, -0.2) is 0 Å². The van der Waals surface area contributed by atoms with Crippen molar-refractivity contribution in [3.63, 3.8) is 0 Å². The van der Waals surface area contributed by atoms with Crippen LogP contribution in [-0.4, -0.2) is 52.6 Å². The Kier molecular flexibility index (Phi) is 5.53. The molecule has 0 atom stereocenters. The lowest BCUT2D eigenvalue weighted by molar-refractivity contribution is -0.131. The van der Waals surface area contributed by atoms with E-state index in [-0.39, 0.29) is 5.91 Å². The molecular weight excluding hydrogens is 324 g/mol. The summed E-state index contributed by atoms with van der Waals surface area (Å²) in [5, 5.41) is 7.61. The molecule has 1 saturated heterocycles. The number of nitrogens with zero attached hydrogens (tertiary/aromatic N) is 3. The van der Waals surface area contributed by atoms with Crippen molar-refractivity contribution in [1.82, 2.24) is 20.0 Å². The van der Waals surface area contributed by atoms with Gasteiger partial charge in [-0.15, -0.1) is 0 Å². The largest absolute Gasteiger partial charge is 0.340 e. The molecule has 3 rings (SSSR count). The minimum Gasteiger partial charge on any atom is -0.340 e. The molecule has 0 radical (unpaired) electrons. The predicted octanol–water partition coefficient (Wildman–Crippen LogP) is 2.90. The number of piperidine rings is 1. The van der Waals surface area contributed by atoms with Gasteiger partial charge in [0, 0.05) is 24.8 Å². The van der Waals surface area contributed by atoms with Crippen LogP contribution in [0.25, 0.3) is 0 Å². The number of halogens is 1. The van der Waals surface area contributed by atoms with Gasteiger partial charge in [0.2, 0.25) is 5.91 Å². The number of aromatic nitrogens is 2. The van der Waals surface area contributed by atoms with Gasteiger partial charge in [0.1, 0.15) is 0 Å². The van der Waals surface area contributed by atoms with Gasteiger partial charge in [-0.1, -0.05) is 23.7 Å². The average Bonchev–Trinajstić information content (AvgIpc) is 3.10. The van der Waals surface area contributed by atoms with Crippen LogP contribution in [0.4, 0.5) is 0 Å². The third-order valence-corrected chi connectivity index (χ3v) is 4.91. The zero-order chi connectivity index (χ0) is 16.9. The first-order valence-corrected chi connectivity index (χ1v) is 8.69. The molecule has 1 N–H and O–H groups in total. The summed E-state index contributed by atoms with van der Waals surface area (Å²) >= 11 is 6.00. The zero-order valence-electron chi connectivity index (χ0n) is 13.9. The number of likely N-dealkylation sites (tertiary alicyclic amines) is 1. The summed E-state index contributed by atoms with van der Waals surface area (Å²) in [4.78, 5) is 16.5. The molecule has 2 heterocycles. The minimum atomic E-state index is 0.150. The van der Waals surface area contributed by atoms with E-state index >= 15 is 0 Å². The van der Waals surface area contributed by atoms with Crippen molar-refractivity contribution in [2.24, 2.45) is 0 Å². The number of aromatic amines is 1. The third kappa shape index (κ3) is 4.36. The Morgan fingerprint density at radius 1 is 1.42 bits per heavy atom. The number of carbonyl (C=O) groups excluding carboxylic acids is 1. The van der Waals surface area contributed by atoms with E-state index in [1.165, 1.54) is 5.56 Å². The molecule has 1 aromatic carbocycles. The van der Waals surface area contributed by atoms with E-state index in [1.54, 1.807) is 4.90 Å². The molecule has 1 amide bonds. The Morgan fingerprint density at radius 3 is 2.88 bits per heavy atom. The molecule has 1 aliphatic heterocycles. The van der Waals surface area contributed by atoms with Gasteiger partial charge < -0.3 is 4.90 Å². The number of amides is 1. The smallest absolute Gasteiger partial charge is 0.236 e. The molecule has 2 aromatic rings. The van der Waals surface area contributed by atoms with Crippen molar-refractivity contribution in [3.8, 4) is 0 Å². The van der Waals surface area contributed by atoms with E-state index in [1.807, 2.05) is 43.7 Å². The lowest BCUT2D eigenvalue weighted by Gasteiger charge is -2.32. The number of hydrogen-bond acceptors (Lipinski definition) is 3. The highest BCUT2D eigenvalue weighted by Crippen LogP contribution is 2.27. The van der Waals surface area contributed by atoms with Crippen molar-refractivity contribution in [3.05, 3.63) is 52.8 Å². The van der Waals surface area contributed by atoms with E-state index in [2.05, 4.69) is 15.1 Å². The second-order valence-corrected chi connectivity index (χ2v) is 6.90. The lowest BCUT2D eigenvalue weighted by atomic mass is 9.91. The van der Waals surface area contributed by atoms with Gasteiger partial charge in [-0.2, -0.15) is 5.10 Å². The van der Waals surface area contributed by atoms with Crippen molar-refractivity contribution in [1.29, 1.82) is 0 Å². The minimum absolute atomic E-state index is 0.150. The average molecular weight is 347 g/mol. The van der Waals surface area contributed by atoms with E-state index < -0.39 is 0 Å². The van der Waals surface area contributed by atoms with Crippen molar-refractivity contribution >= 4 is 17.5 Å². The number of benzene rings is 1. The molecule has 6 heteroatoms. The monoisotopic (exact) mass is 346 g/mol. The molecule has 5 nitrogen and oxygen atoms in total. The number of rotatable bonds is 5. The summed E-state index contributed by atoms with van der Waals surface area (Å²) in [6.45, 7) is 2.97. The summed E-state index contributed by atoms with van der Waals surface area (Å²) < 4.78 is 0. The zero-order valence-corrected chi connectivity index (χ0v) is 14.7. The molecular formula is C18H23ClN4O. The van der Waals surface area contributed by atoms with Crippen LogP contribution in [0.5, 0.6) is 0 Å². The first-order valence-electron chi connectivity index (χ1n) is 8.31. The highest BCUT2D eigenvalue weighted by Gasteiger charge is 2.23. The summed E-state index contributed by atoms with van der Waals surface area (Å²) in [5.41, 5.74) is 2.33. The Balaban J connectivity index is 1.47. The molecule has 24 heavy (non-hydrogen) atoms. The van der Waals surface area contributed by atoms with Gasteiger partial charge in [-0.05, 0) is 55.1 Å². The summed E-state index contributed by atoms with van der Waals surface area (Å²) in [7, 11) is 1.85. The van der Waals surface area contributed by atoms with Gasteiger partial charge in [0.15, 0.2) is 0 Å². The first-order chi connectivity index (χ1) is 11.6. The third-order valence-electron chi connectivity index (χ3n) is 4.67. The van der Waals surface area contributed by atoms with Crippen LogP contribution in [0, 0.1) is 0 Å². The van der Waals surface area contributed by atoms with E-state index in [9.17, 15) is 4.79 Å². The molecule has 0 unspecified atom stereocenters. The molecule has 1 aliphatic rings. The van der Waals surface area contributed by atoms with E-state index in [0.717, 1.165) is 31.5 Å². The second kappa shape index (κ2) is 7.81. The van der Waals surface area contributed by atoms with Crippen LogP contribution in [0.2, 0.25) is 5.02 Å². The molecule has 0 spiro atoms. The van der Waals surface area contributed by atoms with Crippen LogP contribution in [0.3, 0.4) is 0 Å². The van der Waals surface area contributed by atoms with Crippen LogP contribution < -0.4 is 0 Å². The summed E-state index contributed by atoms with van der Waals surface area (Å²) in [6.07, 6.45) is 6.03. The highest BCUT2D eigenvalue weighted by molar-refractivity contribution is 6.30. The Morgan fingerprint density at radius 2 is 2.21 bits per heavy atom. The highest BCUT2D eigenvalue weighted by atomic mass is 35.5. The normalized spacial score (nSPS) is 16.2. The van der Waals surface area contributed by atoms with Crippen LogP contribution >= 0.6 is 11.6 Å².